The van der Waals surface area contributed by atoms with Crippen LogP contribution in [-0.2, 0) is 28.6 Å². The Hall–Kier alpha value is -1.59. The molecular formula is C38H72O6. The van der Waals surface area contributed by atoms with E-state index in [4.69, 9.17) is 14.2 Å². The van der Waals surface area contributed by atoms with Crippen molar-refractivity contribution >= 4 is 17.9 Å². The molecule has 260 valence electrons. The first kappa shape index (κ1) is 42.4. The Morgan fingerprint density at radius 3 is 0.909 bits per heavy atom. The zero-order valence-electron chi connectivity index (χ0n) is 29.4. The molecular weight excluding hydrogens is 552 g/mol. The van der Waals surface area contributed by atoms with Crippen LogP contribution in [0.15, 0.2) is 0 Å². The second-order valence-electron chi connectivity index (χ2n) is 12.9. The summed E-state index contributed by atoms with van der Waals surface area (Å²) < 4.78 is 16.5. The van der Waals surface area contributed by atoms with Crippen LogP contribution in [0, 0.1) is 0 Å². The maximum atomic E-state index is 12.5. The molecule has 1 atom stereocenters. The summed E-state index contributed by atoms with van der Waals surface area (Å²) in [5, 5.41) is 0. The fraction of sp³-hybridized carbons (Fsp3) is 0.921. The van der Waals surface area contributed by atoms with Crippen molar-refractivity contribution in [3.05, 3.63) is 0 Å². The molecule has 0 aliphatic heterocycles. The topological polar surface area (TPSA) is 78.9 Å². The minimum Gasteiger partial charge on any atom is -0.462 e. The summed E-state index contributed by atoms with van der Waals surface area (Å²) >= 11 is 0. The molecule has 0 radical (unpaired) electrons. The van der Waals surface area contributed by atoms with Gasteiger partial charge in [-0.3, -0.25) is 14.4 Å². The highest BCUT2D eigenvalue weighted by Gasteiger charge is 2.19. The summed E-state index contributed by atoms with van der Waals surface area (Å²) in [7, 11) is 0. The molecule has 0 aromatic heterocycles. The molecule has 0 heterocycles. The van der Waals surface area contributed by atoms with Crippen LogP contribution in [0.4, 0.5) is 0 Å². The molecule has 0 aliphatic carbocycles. The molecule has 0 amide bonds. The fourth-order valence-electron chi connectivity index (χ4n) is 5.44. The second-order valence-corrected chi connectivity index (χ2v) is 12.9. The minimum absolute atomic E-state index is 0.0649. The number of hydrogen-bond acceptors (Lipinski definition) is 6. The van der Waals surface area contributed by atoms with E-state index in [1.54, 1.807) is 0 Å². The lowest BCUT2D eigenvalue weighted by atomic mass is 10.0. The monoisotopic (exact) mass is 625 g/mol. The van der Waals surface area contributed by atoms with Crippen LogP contribution in [0.1, 0.15) is 207 Å². The third-order valence-corrected chi connectivity index (χ3v) is 8.36. The molecule has 0 aromatic rings. The zero-order chi connectivity index (χ0) is 32.4. The van der Waals surface area contributed by atoms with E-state index in [-0.39, 0.29) is 31.1 Å². The lowest BCUT2D eigenvalue weighted by Gasteiger charge is -2.18. The summed E-state index contributed by atoms with van der Waals surface area (Å²) in [5.41, 5.74) is 0. The van der Waals surface area contributed by atoms with Crippen molar-refractivity contribution in [2.45, 2.75) is 213 Å². The van der Waals surface area contributed by atoms with Gasteiger partial charge >= 0.3 is 17.9 Å². The first-order chi connectivity index (χ1) is 21.5. The standard InChI is InChI=1S/C38H72O6/c1-4-7-10-13-16-17-18-19-20-23-25-28-31-37(40)43-34-35(44-38(41)32-29-26-22-15-12-9-6-3)33-42-36(39)30-27-24-21-14-11-8-5-2/h35H,4-34H2,1-3H3. The van der Waals surface area contributed by atoms with E-state index >= 15 is 0 Å². The Labute approximate surface area is 272 Å². The van der Waals surface area contributed by atoms with Crippen LogP contribution >= 0.6 is 0 Å². The van der Waals surface area contributed by atoms with Gasteiger partial charge in [0.15, 0.2) is 6.10 Å². The molecule has 6 nitrogen and oxygen atoms in total. The van der Waals surface area contributed by atoms with Crippen LogP contribution < -0.4 is 0 Å². The number of carbonyl (C=O) groups is 3. The van der Waals surface area contributed by atoms with Crippen LogP contribution in [0.25, 0.3) is 0 Å². The van der Waals surface area contributed by atoms with Gasteiger partial charge in [0.1, 0.15) is 13.2 Å². The maximum absolute atomic E-state index is 12.5. The van der Waals surface area contributed by atoms with Gasteiger partial charge in [-0.25, -0.2) is 0 Å². The van der Waals surface area contributed by atoms with Crippen LogP contribution in [0.5, 0.6) is 0 Å². The summed E-state index contributed by atoms with van der Waals surface area (Å²) in [4.78, 5) is 37.2. The summed E-state index contributed by atoms with van der Waals surface area (Å²) in [6, 6.07) is 0. The number of hydrogen-bond donors (Lipinski definition) is 0. The van der Waals surface area contributed by atoms with Crippen molar-refractivity contribution in [2.24, 2.45) is 0 Å². The first-order valence-corrected chi connectivity index (χ1v) is 19.0. The van der Waals surface area contributed by atoms with E-state index in [1.165, 1.54) is 109 Å². The van der Waals surface area contributed by atoms with Crippen molar-refractivity contribution in [1.29, 1.82) is 0 Å². The molecule has 0 saturated carbocycles. The predicted molar refractivity (Wildman–Crippen MR) is 183 cm³/mol. The van der Waals surface area contributed by atoms with Gasteiger partial charge < -0.3 is 14.2 Å². The molecule has 0 spiro atoms. The quantitative estimate of drug-likeness (QED) is 0.0402. The Morgan fingerprint density at radius 2 is 0.614 bits per heavy atom. The molecule has 44 heavy (non-hydrogen) atoms. The molecule has 0 aliphatic rings. The molecule has 0 saturated heterocycles. The van der Waals surface area contributed by atoms with Crippen LogP contribution in [0.2, 0.25) is 0 Å². The number of ether oxygens (including phenoxy) is 3. The van der Waals surface area contributed by atoms with Gasteiger partial charge in [-0.2, -0.15) is 0 Å². The zero-order valence-corrected chi connectivity index (χ0v) is 29.4. The summed E-state index contributed by atoms with van der Waals surface area (Å²) in [6.45, 7) is 6.53. The number of rotatable bonds is 34. The van der Waals surface area contributed by atoms with Crippen molar-refractivity contribution in [2.75, 3.05) is 13.2 Å². The molecule has 0 rings (SSSR count). The highest BCUT2D eigenvalue weighted by atomic mass is 16.6. The molecule has 1 unspecified atom stereocenters. The third kappa shape index (κ3) is 31.8. The average Bonchev–Trinajstić information content (AvgIpc) is 3.02. The smallest absolute Gasteiger partial charge is 0.306 e. The van der Waals surface area contributed by atoms with Crippen LogP contribution in [0.3, 0.4) is 0 Å². The number of carbonyl (C=O) groups excluding carboxylic acids is 3. The van der Waals surface area contributed by atoms with E-state index in [0.29, 0.717) is 19.3 Å². The van der Waals surface area contributed by atoms with Gasteiger partial charge in [-0.05, 0) is 19.3 Å². The summed E-state index contributed by atoms with van der Waals surface area (Å²) in [5.74, 6) is -0.877. The van der Waals surface area contributed by atoms with E-state index in [2.05, 4.69) is 20.8 Å². The SMILES string of the molecule is CCCCCCCCCCCCCCC(=O)OCC(COC(=O)CCCCCCCCC)OC(=O)CCCCCCCCC. The number of unbranched alkanes of at least 4 members (excludes halogenated alkanes) is 23. The number of esters is 3. The Kier molecular flexibility index (Phi) is 33.0. The van der Waals surface area contributed by atoms with Crippen molar-refractivity contribution < 1.29 is 28.6 Å². The second kappa shape index (κ2) is 34.3. The van der Waals surface area contributed by atoms with Crippen molar-refractivity contribution in [3.63, 3.8) is 0 Å². The highest BCUT2D eigenvalue weighted by Crippen LogP contribution is 2.14. The lowest BCUT2D eigenvalue weighted by Crippen LogP contribution is -2.30. The van der Waals surface area contributed by atoms with E-state index in [0.717, 1.165) is 57.8 Å². The van der Waals surface area contributed by atoms with Gasteiger partial charge in [0.2, 0.25) is 0 Å². The predicted octanol–water partition coefficient (Wildman–Crippen LogP) is 11.4. The third-order valence-electron chi connectivity index (χ3n) is 8.36. The molecule has 0 bridgehead atoms. The van der Waals surface area contributed by atoms with Crippen molar-refractivity contribution in [3.8, 4) is 0 Å². The van der Waals surface area contributed by atoms with Gasteiger partial charge in [0.25, 0.3) is 0 Å². The first-order valence-electron chi connectivity index (χ1n) is 19.0. The Balaban J connectivity index is 4.27. The molecule has 6 heteroatoms. The maximum Gasteiger partial charge on any atom is 0.306 e. The van der Waals surface area contributed by atoms with Gasteiger partial charge in [0.05, 0.1) is 0 Å². The Bertz CT molecular complexity index is 649. The largest absolute Gasteiger partial charge is 0.462 e. The van der Waals surface area contributed by atoms with Crippen molar-refractivity contribution in [1.82, 2.24) is 0 Å². The highest BCUT2D eigenvalue weighted by molar-refractivity contribution is 5.71. The van der Waals surface area contributed by atoms with E-state index in [9.17, 15) is 14.4 Å². The average molecular weight is 625 g/mol. The van der Waals surface area contributed by atoms with Crippen LogP contribution in [-0.4, -0.2) is 37.2 Å². The fourth-order valence-corrected chi connectivity index (χ4v) is 5.44. The summed E-state index contributed by atoms with van der Waals surface area (Å²) in [6.07, 6.45) is 31.0. The molecule has 0 N–H and O–H groups in total. The van der Waals surface area contributed by atoms with Gasteiger partial charge in [0, 0.05) is 19.3 Å². The van der Waals surface area contributed by atoms with E-state index in [1.807, 2.05) is 0 Å². The van der Waals surface area contributed by atoms with Gasteiger partial charge in [-0.1, -0.05) is 168 Å². The normalized spacial score (nSPS) is 11.8. The Morgan fingerprint density at radius 1 is 0.364 bits per heavy atom. The minimum atomic E-state index is -0.754. The lowest BCUT2D eigenvalue weighted by molar-refractivity contribution is -0.167. The van der Waals surface area contributed by atoms with E-state index < -0.39 is 6.10 Å². The molecule has 0 fully saturated rings. The van der Waals surface area contributed by atoms with Gasteiger partial charge in [-0.15, -0.1) is 0 Å². The molecule has 0 aromatic carbocycles.